The van der Waals surface area contributed by atoms with Crippen LogP contribution in [0.4, 0.5) is 0 Å². The van der Waals surface area contributed by atoms with E-state index in [1.165, 1.54) is 0 Å². The van der Waals surface area contributed by atoms with Gasteiger partial charge >= 0.3 is 7.82 Å². The molecule has 0 fully saturated rings. The van der Waals surface area contributed by atoms with Gasteiger partial charge in [0.05, 0.1) is 0 Å². The molecular weight excluding hydrogens is 310 g/mol. The van der Waals surface area contributed by atoms with Crippen LogP contribution in [-0.2, 0) is 4.57 Å². The van der Waals surface area contributed by atoms with Crippen LogP contribution < -0.4 is 0 Å². The minimum absolute atomic E-state index is 0.324. The lowest BCUT2D eigenvalue weighted by atomic mass is 10.3. The van der Waals surface area contributed by atoms with Crippen LogP contribution in [0.2, 0.25) is 0 Å². The highest BCUT2D eigenvalue weighted by Crippen LogP contribution is 2.25. The van der Waals surface area contributed by atoms with Gasteiger partial charge in [0.15, 0.2) is 0 Å². The molecule has 0 aliphatic heterocycles. The number of phenols is 1. The maximum atomic E-state index is 8.88. The predicted octanol–water partition coefficient (Wildman–Crippen LogP) is 1.07. The number of aromatic hydroxyl groups is 1. The Morgan fingerprint density at radius 3 is 1.62 bits per heavy atom. The van der Waals surface area contributed by atoms with E-state index in [2.05, 4.69) is 22.6 Å². The molecule has 0 aliphatic rings. The molecule has 1 aromatic rings. The molecule has 0 spiro atoms. The Hall–Kier alpha value is -0.140. The largest absolute Gasteiger partial charge is 0.508 e. The Balaban J connectivity index is 0.000000252. The number of hydrogen-bond acceptors (Lipinski definition) is 2. The van der Waals surface area contributed by atoms with Crippen molar-refractivity contribution in [2.24, 2.45) is 0 Å². The van der Waals surface area contributed by atoms with E-state index in [0.29, 0.717) is 5.75 Å². The van der Waals surface area contributed by atoms with Crippen molar-refractivity contribution in [2.45, 2.75) is 0 Å². The van der Waals surface area contributed by atoms with Crippen molar-refractivity contribution in [3.05, 3.63) is 27.8 Å². The number of phosphoric acid groups is 1. The van der Waals surface area contributed by atoms with Gasteiger partial charge in [-0.05, 0) is 46.9 Å². The van der Waals surface area contributed by atoms with Crippen LogP contribution in [0.1, 0.15) is 0 Å². The first-order chi connectivity index (χ1) is 5.79. The summed E-state index contributed by atoms with van der Waals surface area (Å²) >= 11 is 2.19. The molecular formula is C6H8IO5P. The maximum absolute atomic E-state index is 8.88. The third-order valence-electron chi connectivity index (χ3n) is 0.827. The van der Waals surface area contributed by atoms with Crippen molar-refractivity contribution in [3.8, 4) is 5.75 Å². The summed E-state index contributed by atoms with van der Waals surface area (Å²) in [5.41, 5.74) is 0. The van der Waals surface area contributed by atoms with E-state index < -0.39 is 7.82 Å². The summed E-state index contributed by atoms with van der Waals surface area (Å²) in [5, 5.41) is 8.75. The van der Waals surface area contributed by atoms with Gasteiger partial charge in [-0.3, -0.25) is 0 Å². The molecule has 4 N–H and O–H groups in total. The first-order valence-electron chi connectivity index (χ1n) is 3.02. The second-order valence-corrected chi connectivity index (χ2v) is 4.26. The summed E-state index contributed by atoms with van der Waals surface area (Å²) in [6.07, 6.45) is 0. The fraction of sp³-hybridized carbons (Fsp3) is 0. The first kappa shape index (κ1) is 12.9. The Bertz CT molecular complexity index is 263. The van der Waals surface area contributed by atoms with Gasteiger partial charge in [0.1, 0.15) is 5.75 Å². The lowest BCUT2D eigenvalue weighted by Gasteiger charge is -1.87. The fourth-order valence-corrected chi connectivity index (χ4v) is 0.801. The monoisotopic (exact) mass is 318 g/mol. The van der Waals surface area contributed by atoms with Gasteiger partial charge < -0.3 is 19.8 Å². The van der Waals surface area contributed by atoms with Gasteiger partial charge in [-0.25, -0.2) is 4.57 Å². The zero-order valence-electron chi connectivity index (χ0n) is 6.33. The van der Waals surface area contributed by atoms with E-state index >= 15 is 0 Å². The average Bonchev–Trinajstić information content (AvgIpc) is 1.92. The highest BCUT2D eigenvalue weighted by Gasteiger charge is 2.00. The number of phenolic OH excluding ortho intramolecular Hbond substituents is 1. The Kier molecular flexibility index (Phi) is 5.50. The summed E-state index contributed by atoms with van der Waals surface area (Å²) < 4.78 is 10.0. The molecule has 7 heteroatoms. The zero-order valence-corrected chi connectivity index (χ0v) is 9.38. The Labute approximate surface area is 88.4 Å². The van der Waals surface area contributed by atoms with Gasteiger partial charge in [-0.1, -0.05) is 0 Å². The van der Waals surface area contributed by atoms with Gasteiger partial charge in [0, 0.05) is 3.57 Å². The molecule has 0 heterocycles. The Morgan fingerprint density at radius 2 is 1.38 bits per heavy atom. The standard InChI is InChI=1S/C6H5IO.H3O4P/c7-5-1-3-6(8)4-2-5;1-5(2,3)4/h1-4,8H;(H3,1,2,3,4). The van der Waals surface area contributed by atoms with Crippen molar-refractivity contribution in [1.29, 1.82) is 0 Å². The average molecular weight is 318 g/mol. The predicted molar refractivity (Wildman–Crippen MR) is 55.1 cm³/mol. The summed E-state index contributed by atoms with van der Waals surface area (Å²) in [4.78, 5) is 21.6. The minimum atomic E-state index is -4.64. The van der Waals surface area contributed by atoms with Crippen LogP contribution in [0.3, 0.4) is 0 Å². The molecule has 0 unspecified atom stereocenters. The highest BCUT2D eigenvalue weighted by molar-refractivity contribution is 14.1. The molecule has 5 nitrogen and oxygen atoms in total. The van der Waals surface area contributed by atoms with E-state index in [4.69, 9.17) is 24.4 Å². The van der Waals surface area contributed by atoms with Crippen molar-refractivity contribution in [1.82, 2.24) is 0 Å². The van der Waals surface area contributed by atoms with Gasteiger partial charge in [-0.15, -0.1) is 0 Å². The van der Waals surface area contributed by atoms with E-state index in [0.717, 1.165) is 3.57 Å². The van der Waals surface area contributed by atoms with Crippen LogP contribution in [0.5, 0.6) is 5.75 Å². The van der Waals surface area contributed by atoms with Crippen LogP contribution in [0.25, 0.3) is 0 Å². The summed E-state index contributed by atoms with van der Waals surface area (Å²) in [6.45, 7) is 0. The first-order valence-corrected chi connectivity index (χ1v) is 5.66. The van der Waals surface area contributed by atoms with Crippen LogP contribution in [0, 0.1) is 3.57 Å². The quantitative estimate of drug-likeness (QED) is 0.424. The van der Waals surface area contributed by atoms with E-state index in [1.54, 1.807) is 12.1 Å². The second-order valence-electron chi connectivity index (χ2n) is 1.99. The fourth-order valence-electron chi connectivity index (χ4n) is 0.441. The number of halogens is 1. The molecule has 0 bridgehead atoms. The van der Waals surface area contributed by atoms with Gasteiger partial charge in [-0.2, -0.15) is 0 Å². The summed E-state index contributed by atoms with van der Waals surface area (Å²) in [5.74, 6) is 0.324. The van der Waals surface area contributed by atoms with Crippen molar-refractivity contribution >= 4 is 30.4 Å². The molecule has 0 aliphatic carbocycles. The molecule has 74 valence electrons. The molecule has 13 heavy (non-hydrogen) atoms. The third kappa shape index (κ3) is 11.9. The van der Waals surface area contributed by atoms with Crippen LogP contribution in [-0.4, -0.2) is 19.8 Å². The number of hydrogen-bond donors (Lipinski definition) is 4. The molecule has 0 aromatic heterocycles. The number of rotatable bonds is 0. The number of benzene rings is 1. The molecule has 0 saturated carbocycles. The van der Waals surface area contributed by atoms with E-state index in [1.807, 2.05) is 12.1 Å². The maximum Gasteiger partial charge on any atom is 0.466 e. The zero-order chi connectivity index (χ0) is 10.5. The molecule has 1 aromatic carbocycles. The van der Waals surface area contributed by atoms with Crippen molar-refractivity contribution in [3.63, 3.8) is 0 Å². The summed E-state index contributed by atoms with van der Waals surface area (Å²) in [7, 11) is -4.64. The van der Waals surface area contributed by atoms with Crippen LogP contribution >= 0.6 is 30.4 Å². The third-order valence-corrected chi connectivity index (χ3v) is 1.55. The van der Waals surface area contributed by atoms with Crippen molar-refractivity contribution < 1.29 is 24.4 Å². The lowest BCUT2D eigenvalue weighted by molar-refractivity contribution is 0.275. The molecule has 1 rings (SSSR count). The van der Waals surface area contributed by atoms with E-state index in [-0.39, 0.29) is 0 Å². The second kappa shape index (κ2) is 5.56. The Morgan fingerprint density at radius 1 is 1.08 bits per heavy atom. The molecule has 0 amide bonds. The topological polar surface area (TPSA) is 98.0 Å². The SMILES string of the molecule is O=P(O)(O)O.Oc1ccc(I)cc1. The van der Waals surface area contributed by atoms with Crippen molar-refractivity contribution in [2.75, 3.05) is 0 Å². The van der Waals surface area contributed by atoms with Crippen LogP contribution in [0.15, 0.2) is 24.3 Å². The molecule has 0 radical (unpaired) electrons. The highest BCUT2D eigenvalue weighted by atomic mass is 127. The molecule has 0 saturated heterocycles. The lowest BCUT2D eigenvalue weighted by Crippen LogP contribution is -1.66. The van der Waals surface area contributed by atoms with Gasteiger partial charge in [0.25, 0.3) is 0 Å². The molecule has 0 atom stereocenters. The smallest absolute Gasteiger partial charge is 0.466 e. The van der Waals surface area contributed by atoms with Gasteiger partial charge in [0.2, 0.25) is 0 Å². The minimum Gasteiger partial charge on any atom is -0.508 e. The normalized spacial score (nSPS) is 10.2. The summed E-state index contributed by atoms with van der Waals surface area (Å²) in [6, 6.07) is 7.05. The van der Waals surface area contributed by atoms with E-state index in [9.17, 15) is 0 Å².